The zero-order chi connectivity index (χ0) is 15.4. The van der Waals surface area contributed by atoms with Crippen LogP contribution in [0.25, 0.3) is 10.8 Å². The first-order chi connectivity index (χ1) is 10.0. The third-order valence-electron chi connectivity index (χ3n) is 3.70. The molecule has 0 saturated carbocycles. The molecule has 3 N–H and O–H groups in total. The molecule has 0 aliphatic rings. The fraction of sp³-hybridized carbons (Fsp3) is 0.353. The number of nitrogens with zero attached hydrogens (tertiary/aromatic N) is 2. The van der Waals surface area contributed by atoms with E-state index in [0.717, 1.165) is 35.8 Å². The fourth-order valence-corrected chi connectivity index (χ4v) is 2.60. The summed E-state index contributed by atoms with van der Waals surface area (Å²) < 4.78 is 0. The molecule has 21 heavy (non-hydrogen) atoms. The normalized spacial score (nSPS) is 11.0. The van der Waals surface area contributed by atoms with Gasteiger partial charge in [0.15, 0.2) is 0 Å². The molecule has 0 amide bonds. The lowest BCUT2D eigenvalue weighted by Gasteiger charge is -2.23. The maximum atomic E-state index is 7.71. The van der Waals surface area contributed by atoms with E-state index in [1.54, 1.807) is 0 Å². The molecule has 0 spiro atoms. The van der Waals surface area contributed by atoms with E-state index in [1.807, 2.05) is 24.3 Å². The number of amidine groups is 1. The summed E-state index contributed by atoms with van der Waals surface area (Å²) in [5.41, 5.74) is 7.67. The highest BCUT2D eigenvalue weighted by molar-refractivity contribution is 6.10. The van der Waals surface area contributed by atoms with Crippen LogP contribution in [0.1, 0.15) is 12.0 Å². The molecule has 0 aliphatic heterocycles. The lowest BCUT2D eigenvalue weighted by atomic mass is 10.0. The summed E-state index contributed by atoms with van der Waals surface area (Å²) in [7, 11) is 6.30. The molecule has 0 saturated heterocycles. The first kappa shape index (κ1) is 15.3. The van der Waals surface area contributed by atoms with Crippen molar-refractivity contribution < 1.29 is 0 Å². The Balaban J connectivity index is 2.32. The van der Waals surface area contributed by atoms with Gasteiger partial charge in [-0.15, -0.1) is 0 Å². The molecule has 0 heterocycles. The van der Waals surface area contributed by atoms with Crippen LogP contribution in [0.15, 0.2) is 36.4 Å². The van der Waals surface area contributed by atoms with Gasteiger partial charge in [-0.3, -0.25) is 5.41 Å². The highest BCUT2D eigenvalue weighted by Gasteiger charge is 2.10. The van der Waals surface area contributed by atoms with Crippen molar-refractivity contribution >= 4 is 22.3 Å². The molecule has 2 rings (SSSR count). The van der Waals surface area contributed by atoms with Crippen LogP contribution >= 0.6 is 0 Å². The number of hydrogen-bond acceptors (Lipinski definition) is 3. The van der Waals surface area contributed by atoms with Gasteiger partial charge < -0.3 is 15.5 Å². The number of nitrogens with one attached hydrogen (secondary N) is 1. The first-order valence-corrected chi connectivity index (χ1v) is 7.22. The van der Waals surface area contributed by atoms with Crippen molar-refractivity contribution in [3.05, 3.63) is 42.0 Å². The van der Waals surface area contributed by atoms with Gasteiger partial charge in [0.25, 0.3) is 0 Å². The zero-order valence-electron chi connectivity index (χ0n) is 13.1. The summed E-state index contributed by atoms with van der Waals surface area (Å²) in [6.07, 6.45) is 1.12. The van der Waals surface area contributed by atoms with E-state index in [2.05, 4.69) is 43.1 Å². The molecule has 0 radical (unpaired) electrons. The lowest BCUT2D eigenvalue weighted by molar-refractivity contribution is 0.402. The van der Waals surface area contributed by atoms with Crippen molar-refractivity contribution in [3.8, 4) is 0 Å². The minimum atomic E-state index is 0.119. The topological polar surface area (TPSA) is 56.4 Å². The van der Waals surface area contributed by atoms with Crippen molar-refractivity contribution in [1.29, 1.82) is 5.41 Å². The summed E-state index contributed by atoms with van der Waals surface area (Å²) in [5, 5.41) is 9.91. The maximum Gasteiger partial charge on any atom is 0.123 e. The van der Waals surface area contributed by atoms with E-state index in [-0.39, 0.29) is 5.84 Å². The van der Waals surface area contributed by atoms with Crippen molar-refractivity contribution in [2.45, 2.75) is 6.42 Å². The average Bonchev–Trinajstić information content (AvgIpc) is 2.45. The van der Waals surface area contributed by atoms with Crippen LogP contribution < -0.4 is 10.6 Å². The Labute approximate surface area is 126 Å². The molecule has 0 unspecified atom stereocenters. The zero-order valence-corrected chi connectivity index (χ0v) is 13.1. The molecule has 0 bridgehead atoms. The predicted molar refractivity (Wildman–Crippen MR) is 91.4 cm³/mol. The molecular weight excluding hydrogens is 260 g/mol. The van der Waals surface area contributed by atoms with Gasteiger partial charge in [-0.1, -0.05) is 24.3 Å². The third kappa shape index (κ3) is 3.52. The Morgan fingerprint density at radius 3 is 2.29 bits per heavy atom. The maximum absolute atomic E-state index is 7.71. The van der Waals surface area contributed by atoms with Gasteiger partial charge in [0, 0.05) is 30.2 Å². The minimum Gasteiger partial charge on any atom is -0.384 e. The van der Waals surface area contributed by atoms with Crippen molar-refractivity contribution in [2.24, 2.45) is 5.73 Å². The fourth-order valence-electron chi connectivity index (χ4n) is 2.60. The van der Waals surface area contributed by atoms with E-state index >= 15 is 0 Å². The molecule has 0 aromatic heterocycles. The number of hydrogen-bond donors (Lipinski definition) is 2. The monoisotopic (exact) mass is 284 g/mol. The van der Waals surface area contributed by atoms with Crippen LogP contribution in [-0.4, -0.2) is 45.0 Å². The Morgan fingerprint density at radius 2 is 1.67 bits per heavy atom. The standard InChI is InChI=1S/C17H24N4/c1-20(2)11-6-12-21(3)16-10-9-15(17(18)19)13-7-4-5-8-14(13)16/h4-5,7-10H,6,11-12H2,1-3H3,(H3,18,19). The second kappa shape index (κ2) is 6.59. The summed E-state index contributed by atoms with van der Waals surface area (Å²) in [4.78, 5) is 4.47. The number of nitrogen functional groups attached to an aromatic ring is 1. The SMILES string of the molecule is CN(C)CCCN(C)c1ccc(C(=N)N)c2ccccc12. The van der Waals surface area contributed by atoms with E-state index in [4.69, 9.17) is 11.1 Å². The smallest absolute Gasteiger partial charge is 0.123 e. The van der Waals surface area contributed by atoms with E-state index in [1.165, 1.54) is 5.69 Å². The van der Waals surface area contributed by atoms with E-state index < -0.39 is 0 Å². The number of rotatable bonds is 6. The Bertz CT molecular complexity index is 634. The summed E-state index contributed by atoms with van der Waals surface area (Å²) in [6.45, 7) is 2.08. The number of fused-ring (bicyclic) bond motifs is 1. The number of anilines is 1. The summed E-state index contributed by atoms with van der Waals surface area (Å²) in [6, 6.07) is 12.2. The van der Waals surface area contributed by atoms with Gasteiger partial charge >= 0.3 is 0 Å². The molecule has 0 atom stereocenters. The van der Waals surface area contributed by atoms with E-state index in [0.29, 0.717) is 0 Å². The van der Waals surface area contributed by atoms with Gasteiger partial charge in [-0.2, -0.15) is 0 Å². The second-order valence-corrected chi connectivity index (χ2v) is 5.67. The molecule has 0 fully saturated rings. The minimum absolute atomic E-state index is 0.119. The molecule has 0 aliphatic carbocycles. The largest absolute Gasteiger partial charge is 0.384 e. The quantitative estimate of drug-likeness (QED) is 0.633. The second-order valence-electron chi connectivity index (χ2n) is 5.67. The third-order valence-corrected chi connectivity index (χ3v) is 3.70. The number of benzene rings is 2. The molecule has 112 valence electrons. The van der Waals surface area contributed by atoms with Gasteiger partial charge in [-0.05, 0) is 44.6 Å². The molecule has 4 nitrogen and oxygen atoms in total. The molecular formula is C17H24N4. The van der Waals surface area contributed by atoms with Crippen LogP contribution in [0.4, 0.5) is 5.69 Å². The molecule has 2 aromatic rings. The molecule has 2 aromatic carbocycles. The summed E-state index contributed by atoms with van der Waals surface area (Å²) >= 11 is 0. The van der Waals surface area contributed by atoms with Crippen molar-refractivity contribution in [2.75, 3.05) is 39.1 Å². The highest BCUT2D eigenvalue weighted by atomic mass is 15.1. The molecule has 4 heteroatoms. The van der Waals surface area contributed by atoms with Crippen molar-refractivity contribution in [1.82, 2.24) is 4.90 Å². The Hall–Kier alpha value is -2.07. The highest BCUT2D eigenvalue weighted by Crippen LogP contribution is 2.28. The lowest BCUT2D eigenvalue weighted by Crippen LogP contribution is -2.23. The predicted octanol–water partition coefficient (Wildman–Crippen LogP) is 2.51. The summed E-state index contributed by atoms with van der Waals surface area (Å²) in [5.74, 6) is 0.119. The van der Waals surface area contributed by atoms with E-state index in [9.17, 15) is 0 Å². The van der Waals surface area contributed by atoms with Gasteiger partial charge in [-0.25, -0.2) is 0 Å². The van der Waals surface area contributed by atoms with Crippen LogP contribution in [0, 0.1) is 5.41 Å². The van der Waals surface area contributed by atoms with Gasteiger partial charge in [0.2, 0.25) is 0 Å². The van der Waals surface area contributed by atoms with Gasteiger partial charge in [0.05, 0.1) is 0 Å². The average molecular weight is 284 g/mol. The first-order valence-electron chi connectivity index (χ1n) is 7.22. The van der Waals surface area contributed by atoms with Crippen LogP contribution in [0.3, 0.4) is 0 Å². The van der Waals surface area contributed by atoms with Crippen LogP contribution in [0.2, 0.25) is 0 Å². The van der Waals surface area contributed by atoms with Gasteiger partial charge in [0.1, 0.15) is 5.84 Å². The van der Waals surface area contributed by atoms with Crippen LogP contribution in [-0.2, 0) is 0 Å². The van der Waals surface area contributed by atoms with Crippen LogP contribution in [0.5, 0.6) is 0 Å². The Morgan fingerprint density at radius 1 is 1.00 bits per heavy atom. The van der Waals surface area contributed by atoms with Crippen molar-refractivity contribution in [3.63, 3.8) is 0 Å². The number of nitrogens with two attached hydrogens (primary N) is 1. The Kier molecular flexibility index (Phi) is 4.81.